The zero-order valence-electron chi connectivity index (χ0n) is 23.2. The lowest BCUT2D eigenvalue weighted by molar-refractivity contribution is -0.131. The van der Waals surface area contributed by atoms with Crippen LogP contribution in [0.2, 0.25) is 0 Å². The number of anilines is 1. The zero-order valence-corrected chi connectivity index (χ0v) is 24.1. The van der Waals surface area contributed by atoms with E-state index >= 15 is 0 Å². The Bertz CT molecular complexity index is 1490. The Morgan fingerprint density at radius 3 is 2.45 bits per heavy atom. The standard InChI is InChI=1S/C30H32F2N4O5S/c1-3-42(38,39)27-12-7-21(8-13-27)28(14-15-33)35-29(37)22-5-9-23(10-6-22)36-18-26(16-24(36)19-40-30(31)32)41-25-11-4-20(2)34-17-25/h4-13,17,24,26,28,30H,3,14,16,18-19H2,1-2H3,(H,35,37)/t24-,26-,28-/m0/s1. The highest BCUT2D eigenvalue weighted by atomic mass is 32.2. The van der Waals surface area contributed by atoms with Gasteiger partial charge in [-0.3, -0.25) is 9.78 Å². The third-order valence-electron chi connectivity index (χ3n) is 7.06. The van der Waals surface area contributed by atoms with Gasteiger partial charge < -0.3 is 19.7 Å². The fourth-order valence-electron chi connectivity index (χ4n) is 4.80. The van der Waals surface area contributed by atoms with Crippen molar-refractivity contribution >= 4 is 21.4 Å². The SMILES string of the molecule is CCS(=O)(=O)c1ccc([C@H](CC#N)NC(=O)c2ccc(N3C[C@@H](Oc4ccc(C)nc4)C[C@H]3COC(F)F)cc2)cc1. The van der Waals surface area contributed by atoms with E-state index in [9.17, 15) is 27.3 Å². The van der Waals surface area contributed by atoms with E-state index in [1.807, 2.05) is 24.0 Å². The Balaban J connectivity index is 1.46. The number of benzene rings is 2. The van der Waals surface area contributed by atoms with Gasteiger partial charge in [-0.05, 0) is 61.0 Å². The second-order valence-electron chi connectivity index (χ2n) is 9.92. The lowest BCUT2D eigenvalue weighted by Gasteiger charge is -2.26. The van der Waals surface area contributed by atoms with Crippen molar-refractivity contribution in [3.63, 3.8) is 0 Å². The van der Waals surface area contributed by atoms with E-state index in [4.69, 9.17) is 4.74 Å². The van der Waals surface area contributed by atoms with E-state index in [0.29, 0.717) is 35.5 Å². The van der Waals surface area contributed by atoms with Crippen LogP contribution >= 0.6 is 0 Å². The molecule has 0 saturated carbocycles. The smallest absolute Gasteiger partial charge is 0.345 e. The third-order valence-corrected chi connectivity index (χ3v) is 8.81. The molecule has 2 aromatic carbocycles. The Morgan fingerprint density at radius 1 is 1.14 bits per heavy atom. The molecule has 9 nitrogen and oxygen atoms in total. The van der Waals surface area contributed by atoms with Crippen LogP contribution in [0, 0.1) is 18.3 Å². The second kappa shape index (κ2) is 13.7. The number of sulfone groups is 1. The van der Waals surface area contributed by atoms with Crippen molar-refractivity contribution in [2.24, 2.45) is 0 Å². The van der Waals surface area contributed by atoms with E-state index in [1.54, 1.807) is 49.5 Å². The van der Waals surface area contributed by atoms with Gasteiger partial charge in [-0.1, -0.05) is 19.1 Å². The first-order valence-electron chi connectivity index (χ1n) is 13.5. The molecule has 1 aromatic heterocycles. The molecule has 3 atom stereocenters. The summed E-state index contributed by atoms with van der Waals surface area (Å²) in [7, 11) is -3.38. The van der Waals surface area contributed by atoms with E-state index in [-0.39, 0.29) is 35.8 Å². The third kappa shape index (κ3) is 7.80. The van der Waals surface area contributed by atoms with Crippen LogP contribution in [0.5, 0.6) is 5.75 Å². The number of nitrogens with zero attached hydrogens (tertiary/aromatic N) is 3. The molecule has 0 aliphatic carbocycles. The van der Waals surface area contributed by atoms with Gasteiger partial charge in [0.15, 0.2) is 9.84 Å². The summed E-state index contributed by atoms with van der Waals surface area (Å²) in [5, 5.41) is 12.2. The number of nitrogens with one attached hydrogen (secondary N) is 1. The molecule has 42 heavy (non-hydrogen) atoms. The molecule has 4 rings (SSSR count). The van der Waals surface area contributed by atoms with Gasteiger partial charge in [0.1, 0.15) is 11.9 Å². The maximum atomic E-state index is 13.1. The predicted molar refractivity (Wildman–Crippen MR) is 152 cm³/mol. The Hall–Kier alpha value is -4.08. The van der Waals surface area contributed by atoms with Gasteiger partial charge in [0.2, 0.25) is 0 Å². The van der Waals surface area contributed by atoms with Crippen LogP contribution in [0.3, 0.4) is 0 Å². The Kier molecular flexibility index (Phi) is 10.1. The van der Waals surface area contributed by atoms with Crippen molar-refractivity contribution in [3.05, 3.63) is 83.7 Å². The largest absolute Gasteiger partial charge is 0.487 e. The summed E-state index contributed by atoms with van der Waals surface area (Å²) in [6.07, 6.45) is 1.78. The maximum absolute atomic E-state index is 13.1. The zero-order chi connectivity index (χ0) is 30.3. The molecule has 222 valence electrons. The van der Waals surface area contributed by atoms with Crippen LogP contribution in [-0.4, -0.2) is 57.0 Å². The highest BCUT2D eigenvalue weighted by Crippen LogP contribution is 2.30. The molecule has 0 bridgehead atoms. The van der Waals surface area contributed by atoms with Crippen LogP contribution in [0.15, 0.2) is 71.8 Å². The average molecular weight is 599 g/mol. The number of aromatic nitrogens is 1. The van der Waals surface area contributed by atoms with Gasteiger partial charge in [0.25, 0.3) is 5.91 Å². The fraction of sp³-hybridized carbons (Fsp3) is 0.367. The molecule has 2 heterocycles. The summed E-state index contributed by atoms with van der Waals surface area (Å²) in [5.74, 6) is 0.136. The van der Waals surface area contributed by atoms with Crippen molar-refractivity contribution < 1.29 is 31.5 Å². The van der Waals surface area contributed by atoms with E-state index in [2.05, 4.69) is 21.1 Å². The fourth-order valence-corrected chi connectivity index (χ4v) is 5.68. The normalized spacial score (nSPS) is 17.6. The number of hydrogen-bond acceptors (Lipinski definition) is 8. The minimum Gasteiger partial charge on any atom is -0.487 e. The number of aryl methyl sites for hydroxylation is 1. The number of hydrogen-bond donors (Lipinski definition) is 1. The van der Waals surface area contributed by atoms with Crippen molar-refractivity contribution in [1.82, 2.24) is 10.3 Å². The number of nitriles is 1. The molecule has 1 aliphatic heterocycles. The molecule has 0 unspecified atom stereocenters. The van der Waals surface area contributed by atoms with E-state index < -0.39 is 28.4 Å². The topological polar surface area (TPSA) is 122 Å². The number of alkyl halides is 2. The number of ether oxygens (including phenoxy) is 2. The highest BCUT2D eigenvalue weighted by Gasteiger charge is 2.34. The number of amides is 1. The first-order chi connectivity index (χ1) is 20.1. The van der Waals surface area contributed by atoms with Gasteiger partial charge in [-0.2, -0.15) is 14.0 Å². The lowest BCUT2D eigenvalue weighted by Crippen LogP contribution is -2.34. The first-order valence-corrected chi connectivity index (χ1v) is 15.1. The molecule has 3 aromatic rings. The number of rotatable bonds is 12. The quantitative estimate of drug-likeness (QED) is 0.315. The lowest BCUT2D eigenvalue weighted by atomic mass is 10.0. The van der Waals surface area contributed by atoms with Crippen LogP contribution in [0.1, 0.15) is 47.4 Å². The Morgan fingerprint density at radius 2 is 1.86 bits per heavy atom. The molecule has 1 N–H and O–H groups in total. The summed E-state index contributed by atoms with van der Waals surface area (Å²) < 4.78 is 60.6. The van der Waals surface area contributed by atoms with Gasteiger partial charge in [0, 0.05) is 23.4 Å². The first kappa shape index (κ1) is 30.9. The predicted octanol–water partition coefficient (Wildman–Crippen LogP) is 4.83. The molecule has 1 fully saturated rings. The van der Waals surface area contributed by atoms with Crippen molar-refractivity contribution in [2.75, 3.05) is 23.8 Å². The molecular weight excluding hydrogens is 566 g/mol. The summed E-state index contributed by atoms with van der Waals surface area (Å²) in [6.45, 7) is 0.757. The number of carbonyl (C=O) groups is 1. The molecule has 1 amide bonds. The van der Waals surface area contributed by atoms with E-state index in [1.165, 1.54) is 12.1 Å². The van der Waals surface area contributed by atoms with Crippen molar-refractivity contribution in [1.29, 1.82) is 5.26 Å². The molecule has 1 aliphatic rings. The van der Waals surface area contributed by atoms with Crippen molar-refractivity contribution in [2.45, 2.75) is 56.4 Å². The van der Waals surface area contributed by atoms with Crippen LogP contribution in [0.4, 0.5) is 14.5 Å². The van der Waals surface area contributed by atoms with Gasteiger partial charge in [0.05, 0.1) is 54.6 Å². The maximum Gasteiger partial charge on any atom is 0.345 e. The van der Waals surface area contributed by atoms with Gasteiger partial charge >= 0.3 is 6.61 Å². The summed E-state index contributed by atoms with van der Waals surface area (Å²) in [5.41, 5.74) is 2.50. The minimum absolute atomic E-state index is 0.0127. The number of carbonyl (C=O) groups excluding carboxylic acids is 1. The molecule has 0 radical (unpaired) electrons. The van der Waals surface area contributed by atoms with Gasteiger partial charge in [-0.15, -0.1) is 0 Å². The minimum atomic E-state index is -3.38. The van der Waals surface area contributed by atoms with Crippen LogP contribution in [0.25, 0.3) is 0 Å². The van der Waals surface area contributed by atoms with E-state index in [0.717, 1.165) is 5.69 Å². The molecular formula is C30H32F2N4O5S. The molecule has 0 spiro atoms. The highest BCUT2D eigenvalue weighted by molar-refractivity contribution is 7.91. The second-order valence-corrected chi connectivity index (χ2v) is 12.2. The summed E-state index contributed by atoms with van der Waals surface area (Å²) >= 11 is 0. The monoisotopic (exact) mass is 598 g/mol. The van der Waals surface area contributed by atoms with Crippen LogP contribution in [-0.2, 0) is 14.6 Å². The summed E-state index contributed by atoms with van der Waals surface area (Å²) in [6, 6.07) is 17.5. The Labute approximate surface area is 244 Å². The summed E-state index contributed by atoms with van der Waals surface area (Å²) in [4.78, 5) is 19.4. The average Bonchev–Trinajstić information content (AvgIpc) is 3.39. The van der Waals surface area contributed by atoms with Crippen molar-refractivity contribution in [3.8, 4) is 11.8 Å². The van der Waals surface area contributed by atoms with Gasteiger partial charge in [-0.25, -0.2) is 8.42 Å². The van der Waals surface area contributed by atoms with Crippen LogP contribution < -0.4 is 15.0 Å². The number of pyridine rings is 1. The number of halogens is 2. The molecule has 1 saturated heterocycles. The molecule has 12 heteroatoms.